The van der Waals surface area contributed by atoms with E-state index in [1.165, 1.54) is 0 Å². The molecule has 0 saturated heterocycles. The lowest BCUT2D eigenvalue weighted by Crippen LogP contribution is -2.44. The summed E-state index contributed by atoms with van der Waals surface area (Å²) in [7, 11) is 0. The molecule has 5 rings (SSSR count). The Morgan fingerprint density at radius 3 is 1.90 bits per heavy atom. The standard InChI is InChI=1S/C33H36Br2N2O4/c1-6-37-23-14-32(2,3)16-25(38)29(23)28(30-24(37)15-33(4,5)17-26(30)39)19-12-21(34)31(22(35)13-19)41-18-27(40)36-20-10-8-7-9-11-20/h7-13,28H,6,14-18H2,1-5H3,(H,36,40). The average Bonchev–Trinajstić information content (AvgIpc) is 2.86. The van der Waals surface area contributed by atoms with Crippen LogP contribution < -0.4 is 10.1 Å². The van der Waals surface area contributed by atoms with Crippen molar-refractivity contribution in [3.05, 3.63) is 79.5 Å². The normalized spacial score (nSPS) is 20.1. The summed E-state index contributed by atoms with van der Waals surface area (Å²) in [4.78, 5) is 42.5. The van der Waals surface area contributed by atoms with Crippen LogP contribution in [0.5, 0.6) is 5.75 Å². The fourth-order valence-corrected chi connectivity index (χ4v) is 7.95. The monoisotopic (exact) mass is 682 g/mol. The van der Waals surface area contributed by atoms with Gasteiger partial charge in [-0.1, -0.05) is 45.9 Å². The maximum atomic E-state index is 13.9. The third-order valence-electron chi connectivity index (χ3n) is 8.10. The smallest absolute Gasteiger partial charge is 0.262 e. The molecule has 0 saturated carbocycles. The number of benzene rings is 2. The first-order valence-corrected chi connectivity index (χ1v) is 15.7. The summed E-state index contributed by atoms with van der Waals surface area (Å²) in [5, 5.41) is 2.82. The summed E-state index contributed by atoms with van der Waals surface area (Å²) in [6.45, 7) is 11.2. The van der Waals surface area contributed by atoms with E-state index in [-0.39, 0.29) is 34.9 Å². The van der Waals surface area contributed by atoms with E-state index in [0.717, 1.165) is 40.9 Å². The Morgan fingerprint density at radius 2 is 1.41 bits per heavy atom. The summed E-state index contributed by atoms with van der Waals surface area (Å²) in [5.41, 5.74) is 4.82. The number of rotatable bonds is 6. The first-order valence-electron chi connectivity index (χ1n) is 14.1. The van der Waals surface area contributed by atoms with E-state index in [9.17, 15) is 14.4 Å². The number of hydrogen-bond acceptors (Lipinski definition) is 5. The van der Waals surface area contributed by atoms with Gasteiger partial charge in [0.25, 0.3) is 5.91 Å². The van der Waals surface area contributed by atoms with Crippen molar-refractivity contribution in [3.63, 3.8) is 0 Å². The van der Waals surface area contributed by atoms with Gasteiger partial charge in [-0.3, -0.25) is 14.4 Å². The first kappa shape index (κ1) is 29.8. The van der Waals surface area contributed by atoms with Crippen LogP contribution in [0.3, 0.4) is 0 Å². The highest BCUT2D eigenvalue weighted by Gasteiger charge is 2.48. The molecule has 41 heavy (non-hydrogen) atoms. The van der Waals surface area contributed by atoms with Gasteiger partial charge in [-0.05, 0) is 92.3 Å². The van der Waals surface area contributed by atoms with E-state index in [1.807, 2.05) is 42.5 Å². The lowest BCUT2D eigenvalue weighted by molar-refractivity contribution is -0.120. The number of carbonyl (C=O) groups excluding carboxylic acids is 3. The number of para-hydroxylation sites is 1. The van der Waals surface area contributed by atoms with Crippen LogP contribution in [0.25, 0.3) is 0 Å². The topological polar surface area (TPSA) is 75.7 Å². The molecule has 2 aromatic rings. The molecule has 0 atom stereocenters. The van der Waals surface area contributed by atoms with Crippen molar-refractivity contribution in [2.75, 3.05) is 18.5 Å². The van der Waals surface area contributed by atoms with Gasteiger partial charge >= 0.3 is 0 Å². The second-order valence-electron chi connectivity index (χ2n) is 12.8. The number of halogens is 2. The molecule has 0 aromatic heterocycles. The Kier molecular flexibility index (Phi) is 8.11. The zero-order valence-electron chi connectivity index (χ0n) is 24.2. The van der Waals surface area contributed by atoms with E-state index < -0.39 is 5.92 Å². The van der Waals surface area contributed by atoms with Gasteiger partial charge in [0.05, 0.1) is 8.95 Å². The number of carbonyl (C=O) groups is 3. The number of ketones is 2. The Bertz CT molecular complexity index is 1410. The van der Waals surface area contributed by atoms with Crippen molar-refractivity contribution < 1.29 is 19.1 Å². The molecule has 2 aliphatic carbocycles. The SMILES string of the molecule is CCN1C2=C(C(=O)CC(C)(C)C2)C(c2cc(Br)c(OCC(=O)Nc3ccccc3)c(Br)c2)C2=C1CC(C)(C)CC2=O. The van der Waals surface area contributed by atoms with Crippen molar-refractivity contribution in [2.24, 2.45) is 10.8 Å². The van der Waals surface area contributed by atoms with Crippen molar-refractivity contribution in [2.45, 2.75) is 66.2 Å². The predicted molar refractivity (Wildman–Crippen MR) is 168 cm³/mol. The number of hydrogen-bond donors (Lipinski definition) is 1. The molecule has 1 heterocycles. The zero-order chi connectivity index (χ0) is 29.7. The number of Topliss-reactive ketones (excluding diaryl/α,β-unsaturated/α-hetero) is 2. The van der Waals surface area contributed by atoms with Gasteiger partial charge in [0, 0.05) is 53.5 Å². The number of ether oxygens (including phenoxy) is 1. The third kappa shape index (κ3) is 5.96. The van der Waals surface area contributed by atoms with E-state index in [2.05, 4.69) is 76.7 Å². The van der Waals surface area contributed by atoms with Crippen LogP contribution in [-0.2, 0) is 14.4 Å². The molecule has 0 spiro atoms. The first-order chi connectivity index (χ1) is 19.3. The Morgan fingerprint density at radius 1 is 0.902 bits per heavy atom. The fraction of sp³-hybridized carbons (Fsp3) is 0.424. The molecule has 0 bridgehead atoms. The number of nitrogens with one attached hydrogen (secondary N) is 1. The highest BCUT2D eigenvalue weighted by atomic mass is 79.9. The molecule has 0 radical (unpaired) electrons. The van der Waals surface area contributed by atoms with Crippen LogP contribution in [0.1, 0.15) is 71.8 Å². The largest absolute Gasteiger partial charge is 0.481 e. The zero-order valence-corrected chi connectivity index (χ0v) is 27.4. The van der Waals surface area contributed by atoms with E-state index in [1.54, 1.807) is 0 Å². The number of anilines is 1. The molecule has 1 amide bonds. The molecular formula is C33H36Br2N2O4. The molecule has 6 nitrogen and oxygen atoms in total. The summed E-state index contributed by atoms with van der Waals surface area (Å²) in [6, 6.07) is 13.1. The van der Waals surface area contributed by atoms with Crippen LogP contribution in [0.4, 0.5) is 5.69 Å². The lowest BCUT2D eigenvalue weighted by atomic mass is 9.63. The lowest BCUT2D eigenvalue weighted by Gasteiger charge is -2.49. The van der Waals surface area contributed by atoms with Gasteiger partial charge in [-0.15, -0.1) is 0 Å². The number of allylic oxidation sites excluding steroid dienone is 4. The second kappa shape index (κ2) is 11.2. The highest BCUT2D eigenvalue weighted by molar-refractivity contribution is 9.11. The van der Waals surface area contributed by atoms with Crippen molar-refractivity contribution in [1.29, 1.82) is 0 Å². The summed E-state index contributed by atoms with van der Waals surface area (Å²) in [6.07, 6.45) is 2.46. The minimum absolute atomic E-state index is 0.106. The van der Waals surface area contributed by atoms with E-state index in [0.29, 0.717) is 39.8 Å². The van der Waals surface area contributed by atoms with Gasteiger partial charge in [0.15, 0.2) is 18.2 Å². The minimum atomic E-state index is -0.446. The van der Waals surface area contributed by atoms with Gasteiger partial charge < -0.3 is 15.0 Å². The summed E-state index contributed by atoms with van der Waals surface area (Å²) in [5.74, 6) is -0.0267. The summed E-state index contributed by atoms with van der Waals surface area (Å²) >= 11 is 7.30. The molecule has 0 unspecified atom stereocenters. The predicted octanol–water partition coefficient (Wildman–Crippen LogP) is 7.93. The number of amides is 1. The van der Waals surface area contributed by atoms with Gasteiger partial charge in [-0.2, -0.15) is 0 Å². The van der Waals surface area contributed by atoms with Crippen molar-refractivity contribution >= 4 is 55.0 Å². The van der Waals surface area contributed by atoms with Crippen LogP contribution in [0.15, 0.2) is 74.0 Å². The third-order valence-corrected chi connectivity index (χ3v) is 9.28. The quantitative estimate of drug-likeness (QED) is 0.335. The molecule has 2 aromatic carbocycles. The Balaban J connectivity index is 1.54. The maximum absolute atomic E-state index is 13.9. The second-order valence-corrected chi connectivity index (χ2v) is 14.5. The average molecular weight is 684 g/mol. The molecule has 216 valence electrons. The van der Waals surface area contributed by atoms with Gasteiger partial charge in [-0.25, -0.2) is 0 Å². The maximum Gasteiger partial charge on any atom is 0.262 e. The van der Waals surface area contributed by atoms with Crippen LogP contribution in [-0.4, -0.2) is 35.5 Å². The Hall–Kier alpha value is -2.71. The molecule has 1 aliphatic heterocycles. The van der Waals surface area contributed by atoms with Crippen molar-refractivity contribution in [1.82, 2.24) is 4.90 Å². The van der Waals surface area contributed by atoms with Crippen LogP contribution in [0, 0.1) is 10.8 Å². The minimum Gasteiger partial charge on any atom is -0.481 e. The summed E-state index contributed by atoms with van der Waals surface area (Å²) < 4.78 is 7.20. The Labute approximate surface area is 258 Å². The molecule has 1 N–H and O–H groups in total. The van der Waals surface area contributed by atoms with Gasteiger partial charge in [0.2, 0.25) is 0 Å². The molecule has 3 aliphatic rings. The van der Waals surface area contributed by atoms with Gasteiger partial charge in [0.1, 0.15) is 5.75 Å². The highest BCUT2D eigenvalue weighted by Crippen LogP contribution is 2.55. The van der Waals surface area contributed by atoms with Crippen LogP contribution in [0.2, 0.25) is 0 Å². The van der Waals surface area contributed by atoms with E-state index >= 15 is 0 Å². The fourth-order valence-electron chi connectivity index (χ4n) is 6.50. The van der Waals surface area contributed by atoms with Crippen molar-refractivity contribution in [3.8, 4) is 5.75 Å². The van der Waals surface area contributed by atoms with Crippen LogP contribution >= 0.6 is 31.9 Å². The molecular weight excluding hydrogens is 648 g/mol. The molecule has 0 fully saturated rings. The van der Waals surface area contributed by atoms with E-state index in [4.69, 9.17) is 4.74 Å². The number of nitrogens with zero attached hydrogens (tertiary/aromatic N) is 1. The molecule has 8 heteroatoms.